The maximum atomic E-state index is 13.5. The predicted molar refractivity (Wildman–Crippen MR) is 102 cm³/mol. The Morgan fingerprint density at radius 1 is 0.962 bits per heavy atom. The maximum Gasteiger partial charge on any atom is 0.237 e. The lowest BCUT2D eigenvalue weighted by molar-refractivity contribution is -0.114. The summed E-state index contributed by atoms with van der Waals surface area (Å²) in [6.07, 6.45) is 0. The van der Waals surface area contributed by atoms with Crippen LogP contribution in [0.2, 0.25) is 0 Å². The van der Waals surface area contributed by atoms with E-state index in [1.54, 1.807) is 25.1 Å². The van der Waals surface area contributed by atoms with Gasteiger partial charge in [-0.3, -0.25) is 13.8 Å². The summed E-state index contributed by atoms with van der Waals surface area (Å²) in [5.41, 5.74) is 3.38. The van der Waals surface area contributed by atoms with Crippen LogP contribution in [0.25, 0.3) is 0 Å². The van der Waals surface area contributed by atoms with Crippen LogP contribution in [0.15, 0.2) is 36.4 Å². The summed E-state index contributed by atoms with van der Waals surface area (Å²) in [6.45, 7) is 5.43. The highest BCUT2D eigenvalue weighted by atomic mass is 32.2. The first-order valence-corrected chi connectivity index (χ1v) is 9.52. The number of anilines is 2. The van der Waals surface area contributed by atoms with E-state index >= 15 is 0 Å². The van der Waals surface area contributed by atoms with Gasteiger partial charge in [-0.15, -0.1) is 0 Å². The van der Waals surface area contributed by atoms with Gasteiger partial charge in [0, 0.05) is 22.2 Å². The number of carbonyl (C=O) groups excluding carboxylic acids is 2. The highest BCUT2D eigenvalue weighted by Gasteiger charge is 2.14. The Hall–Kier alpha value is -2.54. The minimum Gasteiger partial charge on any atom is -0.325 e. The Bertz CT molecular complexity index is 868. The third kappa shape index (κ3) is 5.49. The Kier molecular flexibility index (Phi) is 6.63. The van der Waals surface area contributed by atoms with E-state index in [0.29, 0.717) is 11.3 Å². The number of rotatable bonds is 6. The zero-order valence-electron chi connectivity index (χ0n) is 14.9. The predicted octanol–water partition coefficient (Wildman–Crippen LogP) is 3.08. The third-order valence-electron chi connectivity index (χ3n) is 3.92. The van der Waals surface area contributed by atoms with Crippen molar-refractivity contribution in [3.05, 3.63) is 58.9 Å². The molecule has 2 aromatic carbocycles. The molecule has 0 fully saturated rings. The fourth-order valence-electron chi connectivity index (χ4n) is 2.28. The van der Waals surface area contributed by atoms with Gasteiger partial charge < -0.3 is 10.6 Å². The highest BCUT2D eigenvalue weighted by Crippen LogP contribution is 2.18. The molecule has 0 radical (unpaired) electrons. The lowest BCUT2D eigenvalue weighted by atomic mass is 10.1. The molecule has 0 unspecified atom stereocenters. The molecule has 0 aliphatic heterocycles. The van der Waals surface area contributed by atoms with Crippen LogP contribution in [0.5, 0.6) is 0 Å². The molecule has 2 aromatic rings. The number of hydrogen-bond acceptors (Lipinski definition) is 3. The molecule has 1 atom stereocenters. The largest absolute Gasteiger partial charge is 0.325 e. The minimum atomic E-state index is -1.67. The van der Waals surface area contributed by atoms with E-state index in [0.717, 1.165) is 11.1 Å². The van der Waals surface area contributed by atoms with Crippen LogP contribution in [0.4, 0.5) is 15.8 Å². The summed E-state index contributed by atoms with van der Waals surface area (Å²) >= 11 is 0. The van der Waals surface area contributed by atoms with Gasteiger partial charge in [-0.1, -0.05) is 18.2 Å². The van der Waals surface area contributed by atoms with Crippen LogP contribution < -0.4 is 10.6 Å². The van der Waals surface area contributed by atoms with Gasteiger partial charge in [-0.2, -0.15) is 0 Å². The van der Waals surface area contributed by atoms with Gasteiger partial charge in [0.15, 0.2) is 0 Å². The first-order valence-electron chi connectivity index (χ1n) is 8.03. The summed E-state index contributed by atoms with van der Waals surface area (Å²) in [4.78, 5) is 23.9. The third-order valence-corrected chi connectivity index (χ3v) is 5.09. The number of benzene rings is 2. The number of aryl methyl sites for hydroxylation is 2. The molecule has 0 bridgehead atoms. The number of halogens is 1. The van der Waals surface area contributed by atoms with E-state index in [9.17, 15) is 18.2 Å². The molecule has 7 heteroatoms. The van der Waals surface area contributed by atoms with Crippen LogP contribution in [0.3, 0.4) is 0 Å². The summed E-state index contributed by atoms with van der Waals surface area (Å²) < 4.78 is 25.5. The van der Waals surface area contributed by atoms with Crippen LogP contribution in [0, 0.1) is 26.6 Å². The molecular weight excluding hydrogens is 355 g/mol. The quantitative estimate of drug-likeness (QED) is 0.814. The van der Waals surface area contributed by atoms with E-state index in [2.05, 4.69) is 10.6 Å². The van der Waals surface area contributed by atoms with Crippen molar-refractivity contribution < 1.29 is 18.2 Å². The smallest absolute Gasteiger partial charge is 0.237 e. The van der Waals surface area contributed by atoms with E-state index in [1.807, 2.05) is 26.0 Å². The molecule has 2 rings (SSSR count). The lowest BCUT2D eigenvalue weighted by Gasteiger charge is -2.10. The summed E-state index contributed by atoms with van der Waals surface area (Å²) in [6, 6.07) is 9.82. The van der Waals surface area contributed by atoms with E-state index in [-0.39, 0.29) is 17.2 Å². The van der Waals surface area contributed by atoms with Crippen molar-refractivity contribution in [3.8, 4) is 0 Å². The van der Waals surface area contributed by atoms with Gasteiger partial charge >= 0.3 is 0 Å². The number of nitrogens with one attached hydrogen (secondary N) is 2. The molecule has 2 N–H and O–H groups in total. The van der Waals surface area contributed by atoms with Gasteiger partial charge in [0.25, 0.3) is 0 Å². The van der Waals surface area contributed by atoms with Crippen molar-refractivity contribution in [3.63, 3.8) is 0 Å². The zero-order valence-corrected chi connectivity index (χ0v) is 15.7. The van der Waals surface area contributed by atoms with E-state index in [1.165, 1.54) is 6.07 Å². The molecule has 0 heterocycles. The molecule has 0 aliphatic carbocycles. The van der Waals surface area contributed by atoms with Gasteiger partial charge in [-0.25, -0.2) is 4.39 Å². The standard InChI is InChI=1S/C19H21FN2O3S/c1-12-5-4-6-17(14(12)3)22-19(24)11-26(25)10-18(23)21-15-8-7-13(2)16(20)9-15/h4-9H,10-11H2,1-3H3,(H,21,23)(H,22,24)/t26-/m0/s1. The van der Waals surface area contributed by atoms with Crippen LogP contribution in [-0.4, -0.2) is 27.5 Å². The van der Waals surface area contributed by atoms with Crippen molar-refractivity contribution in [1.29, 1.82) is 0 Å². The summed E-state index contributed by atoms with van der Waals surface area (Å²) in [7, 11) is -1.67. The molecule has 2 amide bonds. The molecule has 0 aromatic heterocycles. The van der Waals surface area contributed by atoms with Gasteiger partial charge in [0.2, 0.25) is 11.8 Å². The molecule has 0 spiro atoms. The normalized spacial score (nSPS) is 11.7. The van der Waals surface area contributed by atoms with E-state index < -0.39 is 28.4 Å². The molecule has 138 valence electrons. The number of carbonyl (C=O) groups is 2. The van der Waals surface area contributed by atoms with Crippen molar-refractivity contribution in [1.82, 2.24) is 0 Å². The van der Waals surface area contributed by atoms with Crippen LogP contribution in [-0.2, 0) is 20.4 Å². The minimum absolute atomic E-state index is 0.287. The van der Waals surface area contributed by atoms with Crippen molar-refractivity contribution >= 4 is 34.0 Å². The second kappa shape index (κ2) is 8.71. The second-order valence-electron chi connectivity index (χ2n) is 6.04. The number of hydrogen-bond donors (Lipinski definition) is 2. The van der Waals surface area contributed by atoms with Crippen LogP contribution >= 0.6 is 0 Å². The number of amides is 2. The SMILES string of the molecule is Cc1ccc(NC(=O)C[S@](=O)CC(=O)Nc2cccc(C)c2C)cc1F. The zero-order chi connectivity index (χ0) is 19.3. The first-order chi connectivity index (χ1) is 12.3. The Morgan fingerprint density at radius 3 is 2.27 bits per heavy atom. The first kappa shape index (κ1) is 19.8. The van der Waals surface area contributed by atoms with Gasteiger partial charge in [0.1, 0.15) is 17.3 Å². The lowest BCUT2D eigenvalue weighted by Crippen LogP contribution is -2.26. The fourth-order valence-corrected chi connectivity index (χ4v) is 3.12. The van der Waals surface area contributed by atoms with Crippen LogP contribution in [0.1, 0.15) is 16.7 Å². The maximum absolute atomic E-state index is 13.5. The molecule has 0 saturated carbocycles. The molecule has 0 aliphatic rings. The van der Waals surface area contributed by atoms with E-state index in [4.69, 9.17) is 0 Å². The Morgan fingerprint density at radius 2 is 1.62 bits per heavy atom. The fraction of sp³-hybridized carbons (Fsp3) is 0.263. The highest BCUT2D eigenvalue weighted by molar-refractivity contribution is 7.86. The van der Waals surface area contributed by atoms with Gasteiger partial charge in [-0.05, 0) is 55.7 Å². The van der Waals surface area contributed by atoms with Gasteiger partial charge in [0.05, 0.1) is 0 Å². The molecular formula is C19H21FN2O3S. The molecule has 0 saturated heterocycles. The Balaban J connectivity index is 1.87. The Labute approximate surface area is 154 Å². The monoisotopic (exact) mass is 376 g/mol. The summed E-state index contributed by atoms with van der Waals surface area (Å²) in [5.74, 6) is -2.02. The molecule has 26 heavy (non-hydrogen) atoms. The average Bonchev–Trinajstić information content (AvgIpc) is 2.55. The van der Waals surface area contributed by atoms with Crippen molar-refractivity contribution in [2.24, 2.45) is 0 Å². The second-order valence-corrected chi connectivity index (χ2v) is 7.49. The van der Waals surface area contributed by atoms with Crippen molar-refractivity contribution in [2.75, 3.05) is 22.1 Å². The topological polar surface area (TPSA) is 75.3 Å². The van der Waals surface area contributed by atoms with Crippen molar-refractivity contribution in [2.45, 2.75) is 20.8 Å². The molecule has 5 nitrogen and oxygen atoms in total. The summed E-state index contributed by atoms with van der Waals surface area (Å²) in [5, 5.41) is 5.18. The average molecular weight is 376 g/mol.